The minimum atomic E-state index is -1.10. The van der Waals surface area contributed by atoms with Gasteiger partial charge in [0.25, 0.3) is 0 Å². The lowest BCUT2D eigenvalue weighted by atomic mass is 9.82. The molecule has 2 aliphatic rings. The first-order valence-electron chi connectivity index (χ1n) is 9.89. The maximum absolute atomic E-state index is 7.01. The molecule has 0 aromatic heterocycles. The largest absolute Gasteiger partial charge is 0.493 e. The number of fused-ring (bicyclic) bond motifs is 2. The summed E-state index contributed by atoms with van der Waals surface area (Å²) in [5.74, 6) is 1.93. The van der Waals surface area contributed by atoms with Gasteiger partial charge in [-0.3, -0.25) is 0 Å². The minimum absolute atomic E-state index is 0.0126. The van der Waals surface area contributed by atoms with E-state index in [0.29, 0.717) is 11.5 Å². The summed E-state index contributed by atoms with van der Waals surface area (Å²) in [4.78, 5) is 0. The van der Waals surface area contributed by atoms with Crippen LogP contribution in [0, 0.1) is 12.8 Å². The number of benzene rings is 3. The van der Waals surface area contributed by atoms with Crippen LogP contribution in [0.2, 0.25) is 0 Å². The molecule has 1 aliphatic heterocycles. The molecular weight excluding hydrogens is 419 g/mol. The first-order valence-corrected chi connectivity index (χ1v) is 10.6. The van der Waals surface area contributed by atoms with Gasteiger partial charge in [-0.2, -0.15) is 0 Å². The topological polar surface area (TPSA) is 27.7 Å². The summed E-state index contributed by atoms with van der Waals surface area (Å²) in [5, 5.41) is 0. The van der Waals surface area contributed by atoms with Gasteiger partial charge in [-0.05, 0) is 30.7 Å². The van der Waals surface area contributed by atoms with Crippen molar-refractivity contribution in [2.45, 2.75) is 22.8 Å². The van der Waals surface area contributed by atoms with Gasteiger partial charge in [-0.25, -0.2) is 0 Å². The molecule has 5 heteroatoms. The summed E-state index contributed by atoms with van der Waals surface area (Å²) >= 11 is 14.0. The van der Waals surface area contributed by atoms with Gasteiger partial charge in [0, 0.05) is 17.0 Å². The Bertz CT molecular complexity index is 1110. The maximum Gasteiger partial charge on any atom is 0.174 e. The lowest BCUT2D eigenvalue weighted by Crippen LogP contribution is -2.29. The van der Waals surface area contributed by atoms with E-state index in [1.54, 1.807) is 14.2 Å². The second-order valence-corrected chi connectivity index (χ2v) is 9.32. The first-order chi connectivity index (χ1) is 14.4. The van der Waals surface area contributed by atoms with Crippen molar-refractivity contribution in [3.05, 3.63) is 89.0 Å². The van der Waals surface area contributed by atoms with E-state index >= 15 is 0 Å². The van der Waals surface area contributed by atoms with Crippen LogP contribution in [-0.4, -0.2) is 18.6 Å². The molecule has 3 atom stereocenters. The zero-order valence-electron chi connectivity index (χ0n) is 17.0. The maximum atomic E-state index is 7.01. The molecule has 1 aliphatic carbocycles. The highest BCUT2D eigenvalue weighted by Crippen LogP contribution is 2.77. The summed E-state index contributed by atoms with van der Waals surface area (Å²) in [6.45, 7) is 2.08. The number of hydrogen-bond donors (Lipinski definition) is 0. The van der Waals surface area contributed by atoms with Crippen molar-refractivity contribution < 1.29 is 14.2 Å². The molecule has 0 unspecified atom stereocenters. The second-order valence-electron chi connectivity index (χ2n) is 7.93. The highest BCUT2D eigenvalue weighted by molar-refractivity contribution is 6.52. The summed E-state index contributed by atoms with van der Waals surface area (Å²) < 4.78 is 16.4. The Balaban J connectivity index is 1.70. The van der Waals surface area contributed by atoms with Crippen LogP contribution in [0.25, 0.3) is 0 Å². The average molecular weight is 441 g/mol. The summed E-state index contributed by atoms with van der Waals surface area (Å²) in [6.07, 6.45) is 0. The summed E-state index contributed by atoms with van der Waals surface area (Å²) in [6, 6.07) is 22.4. The normalized spacial score (nSPS) is 25.5. The Morgan fingerprint density at radius 2 is 1.57 bits per heavy atom. The number of rotatable bonds is 4. The molecule has 3 aromatic carbocycles. The van der Waals surface area contributed by atoms with Crippen molar-refractivity contribution in [1.29, 1.82) is 0 Å². The monoisotopic (exact) mass is 440 g/mol. The van der Waals surface area contributed by atoms with Gasteiger partial charge >= 0.3 is 0 Å². The third kappa shape index (κ3) is 2.58. The molecule has 5 rings (SSSR count). The number of halogens is 2. The molecule has 1 heterocycles. The molecule has 1 fully saturated rings. The van der Waals surface area contributed by atoms with Crippen LogP contribution in [0.5, 0.6) is 17.2 Å². The standard InChI is InChI=1S/C25H22Cl2O3/c1-15-8-10-16(11-9-15)22-18-6-4-5-7-19(18)30-24(23(22)25(24,26)27)17-12-13-20(28-2)21(14-17)29-3/h4-14,22-23H,1-3H3/t22-,23+,24-/m1/s1. The van der Waals surface area contributed by atoms with Crippen molar-refractivity contribution in [2.75, 3.05) is 14.2 Å². The third-order valence-electron chi connectivity index (χ3n) is 6.35. The van der Waals surface area contributed by atoms with Gasteiger partial charge in [0.1, 0.15) is 5.75 Å². The molecule has 0 amide bonds. The Hall–Kier alpha value is -2.36. The van der Waals surface area contributed by atoms with Crippen molar-refractivity contribution in [3.8, 4) is 17.2 Å². The van der Waals surface area contributed by atoms with E-state index in [-0.39, 0.29) is 11.8 Å². The van der Waals surface area contributed by atoms with Crippen LogP contribution in [0.3, 0.4) is 0 Å². The minimum Gasteiger partial charge on any atom is -0.493 e. The van der Waals surface area contributed by atoms with Crippen LogP contribution in [0.1, 0.15) is 28.2 Å². The second kappa shape index (κ2) is 6.83. The molecule has 0 bridgehead atoms. The van der Waals surface area contributed by atoms with Crippen molar-refractivity contribution in [2.24, 2.45) is 5.92 Å². The van der Waals surface area contributed by atoms with Gasteiger partial charge in [0.05, 0.1) is 20.1 Å². The first kappa shape index (κ1) is 19.6. The number of alkyl halides is 2. The molecular formula is C25H22Cl2O3. The third-order valence-corrected chi connectivity index (χ3v) is 7.38. The average Bonchev–Trinajstić information content (AvgIpc) is 3.27. The van der Waals surface area contributed by atoms with E-state index in [9.17, 15) is 0 Å². The van der Waals surface area contributed by atoms with Gasteiger partial charge < -0.3 is 14.2 Å². The predicted octanol–water partition coefficient (Wildman–Crippen LogP) is 6.24. The molecule has 3 nitrogen and oxygen atoms in total. The van der Waals surface area contributed by atoms with E-state index in [4.69, 9.17) is 37.4 Å². The van der Waals surface area contributed by atoms with E-state index in [1.807, 2.05) is 36.4 Å². The van der Waals surface area contributed by atoms with Crippen LogP contribution in [0.4, 0.5) is 0 Å². The van der Waals surface area contributed by atoms with Gasteiger partial charge in [0.15, 0.2) is 21.4 Å². The van der Waals surface area contributed by atoms with Gasteiger partial charge in [0.2, 0.25) is 0 Å². The Morgan fingerprint density at radius 3 is 2.27 bits per heavy atom. The predicted molar refractivity (Wildman–Crippen MR) is 119 cm³/mol. The van der Waals surface area contributed by atoms with E-state index in [2.05, 4.69) is 37.3 Å². The SMILES string of the molecule is COc1ccc([C@@]23Oc4ccccc4[C@@H](c4ccc(C)cc4)[C@@H]2C3(Cl)Cl)cc1OC. The fraction of sp³-hybridized carbons (Fsp3) is 0.280. The van der Waals surface area contributed by atoms with Crippen LogP contribution in [-0.2, 0) is 5.60 Å². The number of methoxy groups -OCH3 is 2. The molecule has 154 valence electrons. The van der Waals surface area contributed by atoms with Crippen LogP contribution in [0.15, 0.2) is 66.7 Å². The van der Waals surface area contributed by atoms with E-state index in [0.717, 1.165) is 16.9 Å². The molecule has 0 spiro atoms. The van der Waals surface area contributed by atoms with Crippen LogP contribution < -0.4 is 14.2 Å². The molecule has 3 aromatic rings. The van der Waals surface area contributed by atoms with Gasteiger partial charge in [-0.15, -0.1) is 0 Å². The van der Waals surface area contributed by atoms with Crippen molar-refractivity contribution >= 4 is 23.2 Å². The zero-order chi connectivity index (χ0) is 21.1. The quantitative estimate of drug-likeness (QED) is 0.449. The number of aryl methyl sites for hydroxylation is 1. The van der Waals surface area contributed by atoms with Crippen molar-refractivity contribution in [1.82, 2.24) is 0 Å². The highest BCUT2D eigenvalue weighted by atomic mass is 35.5. The van der Waals surface area contributed by atoms with E-state index < -0.39 is 9.93 Å². The number of hydrogen-bond acceptors (Lipinski definition) is 3. The summed E-state index contributed by atoms with van der Waals surface area (Å²) in [7, 11) is 3.23. The fourth-order valence-corrected chi connectivity index (χ4v) is 5.79. The van der Waals surface area contributed by atoms with Gasteiger partial charge in [-0.1, -0.05) is 77.3 Å². The highest BCUT2D eigenvalue weighted by Gasteiger charge is 2.83. The Morgan fingerprint density at radius 1 is 0.867 bits per heavy atom. The smallest absolute Gasteiger partial charge is 0.174 e. The molecule has 30 heavy (non-hydrogen) atoms. The fourth-order valence-electron chi connectivity index (χ4n) is 4.81. The molecule has 0 N–H and O–H groups in total. The number of para-hydroxylation sites is 1. The van der Waals surface area contributed by atoms with Crippen molar-refractivity contribution in [3.63, 3.8) is 0 Å². The molecule has 1 saturated carbocycles. The Labute approximate surface area is 186 Å². The zero-order valence-corrected chi connectivity index (χ0v) is 18.5. The molecule has 0 saturated heterocycles. The Kier molecular flexibility index (Phi) is 4.46. The van der Waals surface area contributed by atoms with E-state index in [1.165, 1.54) is 11.1 Å². The van der Waals surface area contributed by atoms with Crippen LogP contribution >= 0.6 is 23.2 Å². The molecule has 0 radical (unpaired) electrons. The lowest BCUT2D eigenvalue weighted by molar-refractivity contribution is 0.137. The summed E-state index contributed by atoms with van der Waals surface area (Å²) in [5.41, 5.74) is 3.49. The number of ether oxygens (including phenoxy) is 3. The lowest BCUT2D eigenvalue weighted by Gasteiger charge is -2.32.